The number of barbiturate groups is 1. The Hall–Kier alpha value is -3.15. The minimum absolute atomic E-state index is 0.178. The monoisotopic (exact) mass is 490 g/mol. The summed E-state index contributed by atoms with van der Waals surface area (Å²) in [6.07, 6.45) is 4.04. The van der Waals surface area contributed by atoms with Crippen LogP contribution in [0, 0.1) is 5.41 Å². The van der Waals surface area contributed by atoms with E-state index in [1.165, 1.54) is 0 Å². The molecule has 5 N–H and O–H groups in total. The number of hydrogen-bond donors (Lipinski definition) is 3. The number of nitrogens with zero attached hydrogens (tertiary/aromatic N) is 3. The molecule has 0 radical (unpaired) electrons. The predicted octanol–water partition coefficient (Wildman–Crippen LogP) is 0.366. The standard InChI is InChI=1S/C23H34N6O6/c1-3-4-10-27-17(30)15(16(24)25)18(31)29(21(27)34)14-5-7-22(2,8-6-14)12-28-20(33)26-19(32)23(28)9-11-35-13-23/h14H,3-13,24-25H2,1-2H3,(H,26,32,33)/t14?,22?,23-/m0/s1. The number of carbonyl (C=O) groups excluding carboxylic acids is 5. The fourth-order valence-electron chi connectivity index (χ4n) is 5.60. The van der Waals surface area contributed by atoms with Crippen LogP contribution in [0.1, 0.15) is 58.8 Å². The molecule has 4 aliphatic rings. The van der Waals surface area contributed by atoms with Crippen molar-refractivity contribution in [3.8, 4) is 0 Å². The number of urea groups is 2. The van der Waals surface area contributed by atoms with Gasteiger partial charge >= 0.3 is 12.1 Å². The van der Waals surface area contributed by atoms with Crippen LogP contribution < -0.4 is 16.8 Å². The number of ether oxygens (including phenoxy) is 1. The Kier molecular flexibility index (Phi) is 6.52. The molecule has 12 heteroatoms. The summed E-state index contributed by atoms with van der Waals surface area (Å²) in [5.41, 5.74) is 9.68. The van der Waals surface area contributed by atoms with E-state index in [-0.39, 0.29) is 30.0 Å². The number of rotatable bonds is 6. The highest BCUT2D eigenvalue weighted by atomic mass is 16.5. The van der Waals surface area contributed by atoms with Crippen LogP contribution in [0.25, 0.3) is 0 Å². The first-order chi connectivity index (χ1) is 16.5. The predicted molar refractivity (Wildman–Crippen MR) is 123 cm³/mol. The molecule has 7 amide bonds. The number of amides is 7. The third-order valence-electron chi connectivity index (χ3n) is 7.83. The third kappa shape index (κ3) is 4.13. The van der Waals surface area contributed by atoms with Crippen LogP contribution >= 0.6 is 0 Å². The van der Waals surface area contributed by atoms with Crippen LogP contribution in [0.5, 0.6) is 0 Å². The van der Waals surface area contributed by atoms with Gasteiger partial charge in [-0.2, -0.15) is 0 Å². The van der Waals surface area contributed by atoms with Crippen LogP contribution in [-0.2, 0) is 19.1 Å². The molecule has 3 heterocycles. The molecular formula is C23H34N6O6. The Balaban J connectivity index is 1.50. The molecule has 3 aliphatic heterocycles. The van der Waals surface area contributed by atoms with Crippen molar-refractivity contribution in [2.45, 2.75) is 70.4 Å². The van der Waals surface area contributed by atoms with Crippen LogP contribution in [0.3, 0.4) is 0 Å². The minimum atomic E-state index is -0.964. The van der Waals surface area contributed by atoms with E-state index >= 15 is 0 Å². The molecule has 12 nitrogen and oxygen atoms in total. The van der Waals surface area contributed by atoms with Crippen molar-refractivity contribution < 1.29 is 28.7 Å². The van der Waals surface area contributed by atoms with E-state index in [0.29, 0.717) is 51.7 Å². The molecule has 1 atom stereocenters. The van der Waals surface area contributed by atoms with Gasteiger partial charge in [-0.05, 0) is 37.5 Å². The zero-order valence-electron chi connectivity index (χ0n) is 20.3. The van der Waals surface area contributed by atoms with E-state index in [4.69, 9.17) is 16.2 Å². The maximum atomic E-state index is 13.2. The number of unbranched alkanes of at least 4 members (excludes halogenated alkanes) is 1. The lowest BCUT2D eigenvalue weighted by molar-refractivity contribution is -0.138. The Labute approximate surface area is 203 Å². The molecule has 4 fully saturated rings. The normalized spacial score (nSPS) is 31.7. The highest BCUT2D eigenvalue weighted by Gasteiger charge is 2.57. The molecule has 4 rings (SSSR count). The lowest BCUT2D eigenvalue weighted by Crippen LogP contribution is -2.61. The number of carbonyl (C=O) groups is 5. The van der Waals surface area contributed by atoms with Gasteiger partial charge in [-0.15, -0.1) is 0 Å². The van der Waals surface area contributed by atoms with Crippen molar-refractivity contribution in [2.75, 3.05) is 26.3 Å². The Bertz CT molecular complexity index is 975. The molecule has 192 valence electrons. The number of nitrogens with one attached hydrogen (secondary N) is 1. The Morgan fingerprint density at radius 2 is 1.77 bits per heavy atom. The van der Waals surface area contributed by atoms with E-state index in [1.54, 1.807) is 4.90 Å². The van der Waals surface area contributed by atoms with Crippen molar-refractivity contribution in [1.82, 2.24) is 20.0 Å². The molecule has 3 saturated heterocycles. The van der Waals surface area contributed by atoms with Gasteiger partial charge in [0.05, 0.1) is 6.61 Å². The average Bonchev–Trinajstić information content (AvgIpc) is 3.37. The summed E-state index contributed by atoms with van der Waals surface area (Å²) in [5, 5.41) is 2.42. The summed E-state index contributed by atoms with van der Waals surface area (Å²) in [6.45, 7) is 5.13. The summed E-state index contributed by atoms with van der Waals surface area (Å²) >= 11 is 0. The van der Waals surface area contributed by atoms with Crippen LogP contribution in [0.15, 0.2) is 11.4 Å². The van der Waals surface area contributed by atoms with Gasteiger partial charge in [0, 0.05) is 32.2 Å². The smallest absolute Gasteiger partial charge is 0.334 e. The maximum Gasteiger partial charge on any atom is 0.334 e. The first-order valence-electron chi connectivity index (χ1n) is 12.2. The highest BCUT2D eigenvalue weighted by Crippen LogP contribution is 2.42. The van der Waals surface area contributed by atoms with E-state index in [0.717, 1.165) is 16.2 Å². The second kappa shape index (κ2) is 9.14. The lowest BCUT2D eigenvalue weighted by Gasteiger charge is -2.46. The van der Waals surface area contributed by atoms with E-state index in [2.05, 4.69) is 5.32 Å². The van der Waals surface area contributed by atoms with Crippen molar-refractivity contribution in [1.29, 1.82) is 0 Å². The third-order valence-corrected chi connectivity index (χ3v) is 7.83. The topological polar surface area (TPSA) is 168 Å². The molecule has 0 aromatic carbocycles. The zero-order chi connectivity index (χ0) is 25.5. The summed E-state index contributed by atoms with van der Waals surface area (Å²) in [5.74, 6) is -2.22. The fourth-order valence-corrected chi connectivity index (χ4v) is 5.60. The number of nitrogens with two attached hydrogens (primary N) is 2. The van der Waals surface area contributed by atoms with Gasteiger partial charge in [-0.25, -0.2) is 9.59 Å². The van der Waals surface area contributed by atoms with Gasteiger partial charge in [0.15, 0.2) is 0 Å². The van der Waals surface area contributed by atoms with Crippen molar-refractivity contribution >= 4 is 29.8 Å². The lowest BCUT2D eigenvalue weighted by atomic mass is 9.72. The van der Waals surface area contributed by atoms with Gasteiger partial charge in [-0.1, -0.05) is 20.3 Å². The summed E-state index contributed by atoms with van der Waals surface area (Å²) in [4.78, 5) is 68.0. The van der Waals surface area contributed by atoms with E-state index < -0.39 is 41.3 Å². The molecule has 35 heavy (non-hydrogen) atoms. The maximum absolute atomic E-state index is 13.2. The molecule has 0 aromatic rings. The summed E-state index contributed by atoms with van der Waals surface area (Å²) < 4.78 is 5.46. The molecule has 1 aliphatic carbocycles. The van der Waals surface area contributed by atoms with Gasteiger partial charge in [0.25, 0.3) is 17.7 Å². The summed E-state index contributed by atoms with van der Waals surface area (Å²) in [6, 6.07) is -1.48. The zero-order valence-corrected chi connectivity index (χ0v) is 20.3. The van der Waals surface area contributed by atoms with Crippen molar-refractivity contribution in [3.05, 3.63) is 11.4 Å². The van der Waals surface area contributed by atoms with Crippen molar-refractivity contribution in [2.24, 2.45) is 16.9 Å². The second-order valence-corrected chi connectivity index (χ2v) is 10.3. The highest BCUT2D eigenvalue weighted by molar-refractivity contribution is 6.29. The van der Waals surface area contributed by atoms with E-state index in [9.17, 15) is 24.0 Å². The van der Waals surface area contributed by atoms with Crippen LogP contribution in [0.4, 0.5) is 9.59 Å². The first kappa shape index (κ1) is 25.0. The quantitative estimate of drug-likeness (QED) is 0.272. The fraction of sp³-hybridized carbons (Fsp3) is 0.696. The molecule has 0 bridgehead atoms. The first-order valence-corrected chi connectivity index (χ1v) is 12.2. The molecule has 1 spiro atoms. The second-order valence-electron chi connectivity index (χ2n) is 10.3. The largest absolute Gasteiger partial charge is 0.385 e. The number of imide groups is 3. The van der Waals surface area contributed by atoms with E-state index in [1.807, 2.05) is 13.8 Å². The van der Waals surface area contributed by atoms with Crippen LogP contribution in [-0.4, -0.2) is 82.4 Å². The molecule has 0 aromatic heterocycles. The Morgan fingerprint density at radius 3 is 2.34 bits per heavy atom. The van der Waals surface area contributed by atoms with Gasteiger partial charge < -0.3 is 21.1 Å². The van der Waals surface area contributed by atoms with Crippen molar-refractivity contribution in [3.63, 3.8) is 0 Å². The molecular weight excluding hydrogens is 456 g/mol. The van der Waals surface area contributed by atoms with Gasteiger partial charge in [0.1, 0.15) is 16.9 Å². The van der Waals surface area contributed by atoms with Gasteiger partial charge in [0.2, 0.25) is 0 Å². The average molecular weight is 491 g/mol. The Morgan fingerprint density at radius 1 is 1.09 bits per heavy atom. The molecule has 1 saturated carbocycles. The summed E-state index contributed by atoms with van der Waals surface area (Å²) in [7, 11) is 0. The minimum Gasteiger partial charge on any atom is -0.385 e. The SMILES string of the molecule is CCCCN1C(=O)C(=C(N)N)C(=O)N(C2CCC(C)(CN3C(=O)NC(=O)[C@@]34CCOC4)CC2)C1=O. The number of hydrogen-bond acceptors (Lipinski definition) is 8. The van der Waals surface area contributed by atoms with Gasteiger partial charge in [-0.3, -0.25) is 29.5 Å². The van der Waals surface area contributed by atoms with Crippen LogP contribution in [0.2, 0.25) is 0 Å². The molecule has 0 unspecified atom stereocenters.